The molecular weight excluding hydrogens is 320 g/mol. The lowest BCUT2D eigenvalue weighted by molar-refractivity contribution is -0.131. The average molecular weight is 344 g/mol. The minimum Gasteiger partial charge on any atom is -0.444 e. The molecule has 0 spiro atoms. The second kappa shape index (κ2) is 6.74. The third kappa shape index (κ3) is 4.10. The second-order valence-electron chi connectivity index (χ2n) is 7.24. The maximum Gasteiger partial charge on any atom is 0.408 e. The van der Waals surface area contributed by atoms with Crippen molar-refractivity contribution < 1.29 is 14.3 Å². The van der Waals surface area contributed by atoms with Crippen molar-refractivity contribution in [3.05, 3.63) is 30.1 Å². The standard InChI is InChI=1S/C18H24N4O3/c1-18(2,3)25-17(24)19-11-15(23)22-10-6-9-14(22)16-20-12-7-4-5-8-13(12)21-16/h4-5,7-8,14H,6,9-11H2,1-3H3,(H,19,24)(H,20,21)/t14-/m0/s1. The SMILES string of the molecule is CC(C)(C)OC(=O)NCC(=O)N1CCC[C@H]1c1nc2ccccc2[nH]1. The van der Waals surface area contributed by atoms with Crippen LogP contribution < -0.4 is 5.32 Å². The van der Waals surface area contributed by atoms with Gasteiger partial charge in [-0.1, -0.05) is 12.1 Å². The van der Waals surface area contributed by atoms with E-state index in [1.165, 1.54) is 0 Å². The van der Waals surface area contributed by atoms with Crippen LogP contribution in [0.1, 0.15) is 45.5 Å². The number of hydrogen-bond acceptors (Lipinski definition) is 4. The van der Waals surface area contributed by atoms with Crippen molar-refractivity contribution >= 4 is 23.0 Å². The first-order valence-electron chi connectivity index (χ1n) is 8.54. The number of imidazole rings is 1. The lowest BCUT2D eigenvalue weighted by Gasteiger charge is -2.24. The van der Waals surface area contributed by atoms with Gasteiger partial charge >= 0.3 is 6.09 Å². The Hall–Kier alpha value is -2.57. The van der Waals surface area contributed by atoms with Crippen molar-refractivity contribution in [3.63, 3.8) is 0 Å². The molecule has 2 heterocycles. The van der Waals surface area contributed by atoms with Crippen LogP contribution in [0.2, 0.25) is 0 Å². The molecule has 2 amide bonds. The van der Waals surface area contributed by atoms with Gasteiger partial charge in [-0.05, 0) is 45.7 Å². The fourth-order valence-electron chi connectivity index (χ4n) is 3.04. The summed E-state index contributed by atoms with van der Waals surface area (Å²) >= 11 is 0. The maximum absolute atomic E-state index is 12.5. The van der Waals surface area contributed by atoms with Crippen molar-refractivity contribution in [2.75, 3.05) is 13.1 Å². The molecule has 1 aliphatic heterocycles. The van der Waals surface area contributed by atoms with E-state index in [0.29, 0.717) is 6.54 Å². The molecule has 1 aliphatic rings. The summed E-state index contributed by atoms with van der Waals surface area (Å²) in [6.45, 7) is 5.94. The Morgan fingerprint density at radius 3 is 2.84 bits per heavy atom. The summed E-state index contributed by atoms with van der Waals surface area (Å²) in [5.41, 5.74) is 1.27. The van der Waals surface area contributed by atoms with E-state index in [0.717, 1.165) is 29.7 Å². The van der Waals surface area contributed by atoms with Gasteiger partial charge in [-0.25, -0.2) is 9.78 Å². The number of amides is 2. The molecule has 7 heteroatoms. The zero-order valence-electron chi connectivity index (χ0n) is 14.8. The number of nitrogens with zero attached hydrogens (tertiary/aromatic N) is 2. The number of aromatic amines is 1. The van der Waals surface area contributed by atoms with Crippen LogP contribution in [-0.4, -0.2) is 45.6 Å². The maximum atomic E-state index is 12.5. The fraction of sp³-hybridized carbons (Fsp3) is 0.500. The first-order valence-corrected chi connectivity index (χ1v) is 8.54. The number of rotatable bonds is 3. The number of nitrogens with one attached hydrogen (secondary N) is 2. The van der Waals surface area contributed by atoms with Gasteiger partial charge in [0.05, 0.1) is 17.1 Å². The van der Waals surface area contributed by atoms with E-state index in [4.69, 9.17) is 4.74 Å². The Bertz CT molecular complexity index is 745. The lowest BCUT2D eigenvalue weighted by Crippen LogP contribution is -2.41. The Morgan fingerprint density at radius 1 is 1.36 bits per heavy atom. The topological polar surface area (TPSA) is 87.3 Å². The lowest BCUT2D eigenvalue weighted by atomic mass is 10.2. The van der Waals surface area contributed by atoms with Crippen LogP contribution in [-0.2, 0) is 9.53 Å². The number of benzene rings is 1. The van der Waals surface area contributed by atoms with Crippen LogP contribution in [0.15, 0.2) is 24.3 Å². The van der Waals surface area contributed by atoms with Gasteiger partial charge in [0.25, 0.3) is 0 Å². The summed E-state index contributed by atoms with van der Waals surface area (Å²) < 4.78 is 5.16. The van der Waals surface area contributed by atoms with Gasteiger partial charge in [-0.15, -0.1) is 0 Å². The smallest absolute Gasteiger partial charge is 0.408 e. The van der Waals surface area contributed by atoms with E-state index < -0.39 is 11.7 Å². The highest BCUT2D eigenvalue weighted by molar-refractivity contribution is 5.83. The molecule has 7 nitrogen and oxygen atoms in total. The molecule has 0 radical (unpaired) electrons. The van der Waals surface area contributed by atoms with E-state index >= 15 is 0 Å². The molecule has 0 saturated carbocycles. The van der Waals surface area contributed by atoms with Gasteiger partial charge in [0, 0.05) is 6.54 Å². The number of para-hydroxylation sites is 2. The van der Waals surface area contributed by atoms with Crippen LogP contribution in [0, 0.1) is 0 Å². The average Bonchev–Trinajstić information content (AvgIpc) is 3.16. The van der Waals surface area contributed by atoms with Gasteiger partial charge in [0.15, 0.2) is 0 Å². The molecule has 1 aromatic heterocycles. The summed E-state index contributed by atoms with van der Waals surface area (Å²) in [4.78, 5) is 33.9. The Balaban J connectivity index is 1.64. The van der Waals surface area contributed by atoms with E-state index in [2.05, 4.69) is 15.3 Å². The molecule has 1 atom stereocenters. The molecule has 25 heavy (non-hydrogen) atoms. The van der Waals surface area contributed by atoms with Crippen molar-refractivity contribution in [2.45, 2.75) is 45.3 Å². The Kier molecular flexibility index (Phi) is 4.65. The Morgan fingerprint density at radius 2 is 2.12 bits per heavy atom. The summed E-state index contributed by atoms with van der Waals surface area (Å²) in [5, 5.41) is 2.53. The highest BCUT2D eigenvalue weighted by Crippen LogP contribution is 2.31. The molecule has 134 valence electrons. The number of hydrogen-bond donors (Lipinski definition) is 2. The van der Waals surface area contributed by atoms with Crippen LogP contribution in [0.5, 0.6) is 0 Å². The molecule has 3 rings (SSSR count). The summed E-state index contributed by atoms with van der Waals surface area (Å²) in [6.07, 6.45) is 1.19. The van der Waals surface area contributed by atoms with Gasteiger partial charge in [0.2, 0.25) is 5.91 Å². The minimum atomic E-state index is -0.586. The van der Waals surface area contributed by atoms with E-state index in [1.54, 1.807) is 25.7 Å². The zero-order chi connectivity index (χ0) is 18.0. The summed E-state index contributed by atoms with van der Waals surface area (Å²) in [5.74, 6) is 0.665. The normalized spacial score (nSPS) is 17.7. The third-order valence-electron chi connectivity index (χ3n) is 4.08. The number of carbonyl (C=O) groups is 2. The number of H-pyrrole nitrogens is 1. The van der Waals surface area contributed by atoms with E-state index in [-0.39, 0.29) is 18.5 Å². The van der Waals surface area contributed by atoms with Gasteiger partial charge < -0.3 is 19.9 Å². The number of likely N-dealkylation sites (tertiary alicyclic amines) is 1. The quantitative estimate of drug-likeness (QED) is 0.896. The molecule has 1 aromatic carbocycles. The first kappa shape index (κ1) is 17.3. The van der Waals surface area contributed by atoms with Crippen molar-refractivity contribution in [3.8, 4) is 0 Å². The largest absolute Gasteiger partial charge is 0.444 e. The first-order chi connectivity index (χ1) is 11.8. The predicted octanol–water partition coefficient (Wildman–Crippen LogP) is 2.75. The van der Waals surface area contributed by atoms with Crippen LogP contribution in [0.25, 0.3) is 11.0 Å². The van der Waals surface area contributed by atoms with Crippen molar-refractivity contribution in [1.29, 1.82) is 0 Å². The monoisotopic (exact) mass is 344 g/mol. The number of carbonyl (C=O) groups excluding carboxylic acids is 2. The van der Waals surface area contributed by atoms with Gasteiger partial charge in [0.1, 0.15) is 18.0 Å². The molecule has 0 bridgehead atoms. The van der Waals surface area contributed by atoms with Crippen molar-refractivity contribution in [2.24, 2.45) is 0 Å². The molecule has 1 fully saturated rings. The van der Waals surface area contributed by atoms with Gasteiger partial charge in [-0.3, -0.25) is 4.79 Å². The second-order valence-corrected chi connectivity index (χ2v) is 7.24. The van der Waals surface area contributed by atoms with Gasteiger partial charge in [-0.2, -0.15) is 0 Å². The third-order valence-corrected chi connectivity index (χ3v) is 4.08. The number of ether oxygens (including phenoxy) is 1. The molecule has 2 N–H and O–H groups in total. The van der Waals surface area contributed by atoms with Crippen molar-refractivity contribution in [1.82, 2.24) is 20.2 Å². The molecule has 0 aliphatic carbocycles. The fourth-order valence-corrected chi connectivity index (χ4v) is 3.04. The highest BCUT2D eigenvalue weighted by atomic mass is 16.6. The van der Waals surface area contributed by atoms with Crippen LogP contribution in [0.3, 0.4) is 0 Å². The number of alkyl carbamates (subject to hydrolysis) is 1. The van der Waals surface area contributed by atoms with E-state index in [1.807, 2.05) is 24.3 Å². The Labute approximate surface area is 146 Å². The van der Waals surface area contributed by atoms with Crippen LogP contribution >= 0.6 is 0 Å². The number of fused-ring (bicyclic) bond motifs is 1. The zero-order valence-corrected chi connectivity index (χ0v) is 14.8. The molecular formula is C18H24N4O3. The molecule has 2 aromatic rings. The van der Waals surface area contributed by atoms with Crippen LogP contribution in [0.4, 0.5) is 4.79 Å². The molecule has 0 unspecified atom stereocenters. The number of aromatic nitrogens is 2. The minimum absolute atomic E-state index is 0.0777. The predicted molar refractivity (Wildman–Crippen MR) is 94.0 cm³/mol. The summed E-state index contributed by atoms with van der Waals surface area (Å²) in [7, 11) is 0. The summed E-state index contributed by atoms with van der Waals surface area (Å²) in [6, 6.07) is 7.72. The van der Waals surface area contributed by atoms with E-state index in [9.17, 15) is 9.59 Å². The molecule has 1 saturated heterocycles. The highest BCUT2D eigenvalue weighted by Gasteiger charge is 2.32.